The normalized spacial score (nSPS) is 26.1. The molecule has 2 rings (SSSR count). The largest absolute Gasteiger partial charge is 0.476 e. The van der Waals surface area contributed by atoms with Crippen molar-refractivity contribution in [3.63, 3.8) is 0 Å². The number of hydrogen-bond donors (Lipinski definition) is 1. The second-order valence-electron chi connectivity index (χ2n) is 4.16. The van der Waals surface area contributed by atoms with Crippen LogP contribution in [-0.2, 0) is 19.1 Å². The maximum atomic E-state index is 12.6. The average molecular weight is 344 g/mol. The van der Waals surface area contributed by atoms with Crippen molar-refractivity contribution in [1.29, 1.82) is 0 Å². The molecule has 0 aromatic rings. The summed E-state index contributed by atoms with van der Waals surface area (Å²) in [7, 11) is -3.17. The lowest BCUT2D eigenvalue weighted by atomic mass is 10.3. The average Bonchev–Trinajstić information content (AvgIpc) is 2.96. The predicted molar refractivity (Wildman–Crippen MR) is 88.4 cm³/mol. The zero-order valence-electron chi connectivity index (χ0n) is 11.0. The Hall–Kier alpha value is -1.45. The van der Waals surface area contributed by atoms with Gasteiger partial charge in [-0.25, -0.2) is 9.69 Å². The lowest BCUT2D eigenvalue weighted by Crippen LogP contribution is -2.43. The van der Waals surface area contributed by atoms with E-state index in [2.05, 4.69) is 4.99 Å². The summed E-state index contributed by atoms with van der Waals surface area (Å²) in [5.74, 6) is -2.00. The van der Waals surface area contributed by atoms with E-state index in [0.29, 0.717) is 11.3 Å². The minimum Gasteiger partial charge on any atom is -0.476 e. The number of nitrogens with zero attached hydrogens (tertiary/aromatic N) is 2. The molecule has 21 heavy (non-hydrogen) atoms. The van der Waals surface area contributed by atoms with E-state index in [1.54, 1.807) is 6.08 Å². The molecule has 6 nitrogen and oxygen atoms in total. The lowest BCUT2D eigenvalue weighted by Gasteiger charge is -2.16. The number of carbonyl (C=O) groups excluding carboxylic acids is 1. The second-order valence-corrected chi connectivity index (χ2v) is 8.00. The molecule has 0 aromatic carbocycles. The number of carboxylic acid groups (broad SMARTS) is 1. The third-order valence-corrected chi connectivity index (χ3v) is 5.94. The van der Waals surface area contributed by atoms with Gasteiger partial charge in [-0.1, -0.05) is 43.4 Å². The Morgan fingerprint density at radius 3 is 2.86 bits per heavy atom. The summed E-state index contributed by atoms with van der Waals surface area (Å²) < 4.78 is 12.7. The molecule has 1 saturated heterocycles. The highest BCUT2D eigenvalue weighted by atomic mass is 32.2. The van der Waals surface area contributed by atoms with Gasteiger partial charge in [0.15, 0.2) is 9.31 Å². The number of aliphatic carboxylic acids is 1. The summed E-state index contributed by atoms with van der Waals surface area (Å²) in [6.45, 7) is 1.96. The van der Waals surface area contributed by atoms with E-state index in [0.717, 1.165) is 28.6 Å². The monoisotopic (exact) mass is 344 g/mol. The van der Waals surface area contributed by atoms with Crippen LogP contribution in [0.5, 0.6) is 0 Å². The highest BCUT2D eigenvalue weighted by molar-refractivity contribution is 8.27. The molecule has 112 valence electrons. The van der Waals surface area contributed by atoms with Gasteiger partial charge in [-0.05, 0) is 6.42 Å². The molecule has 2 heterocycles. The number of thiocarbonyl (C=S) groups is 1. The van der Waals surface area contributed by atoms with Gasteiger partial charge < -0.3 is 5.11 Å². The number of carbonyl (C=O) groups is 2. The first-order chi connectivity index (χ1) is 9.90. The summed E-state index contributed by atoms with van der Waals surface area (Å²) in [5, 5.41) is 10.5. The van der Waals surface area contributed by atoms with Gasteiger partial charge in [-0.2, -0.15) is 0 Å². The smallest absolute Gasteiger partial charge is 0.362 e. The van der Waals surface area contributed by atoms with Gasteiger partial charge in [-0.15, -0.1) is 0 Å². The first-order valence-corrected chi connectivity index (χ1v) is 8.92. The first-order valence-electron chi connectivity index (χ1n) is 6.01. The summed E-state index contributed by atoms with van der Waals surface area (Å²) in [6, 6.07) is 0. The van der Waals surface area contributed by atoms with Gasteiger partial charge in [0.1, 0.15) is 0 Å². The Bertz CT molecular complexity index is 709. The number of hydrogen-bond acceptors (Lipinski definition) is 6. The van der Waals surface area contributed by atoms with Crippen LogP contribution in [0, 0.1) is 0 Å². The summed E-state index contributed by atoms with van der Waals surface area (Å²) in [4.78, 5) is 28.1. The molecule has 0 aromatic heterocycles. The summed E-state index contributed by atoms with van der Waals surface area (Å²) >= 11 is 6.09. The van der Waals surface area contributed by atoms with Gasteiger partial charge in [0.2, 0.25) is 0 Å². The maximum absolute atomic E-state index is 12.6. The predicted octanol–water partition coefficient (Wildman–Crippen LogP) is 1.54. The number of carboxylic acids is 1. The minimum absolute atomic E-state index is 0.0659. The Morgan fingerprint density at radius 1 is 1.62 bits per heavy atom. The molecule has 0 saturated carbocycles. The molecule has 9 heteroatoms. The quantitative estimate of drug-likeness (QED) is 0.604. The van der Waals surface area contributed by atoms with E-state index < -0.39 is 26.4 Å². The Morgan fingerprint density at radius 2 is 2.33 bits per heavy atom. The van der Waals surface area contributed by atoms with Crippen LogP contribution in [0.25, 0.3) is 0 Å². The van der Waals surface area contributed by atoms with Crippen molar-refractivity contribution >= 4 is 60.2 Å². The van der Waals surface area contributed by atoms with Gasteiger partial charge in [0.05, 0.1) is 20.0 Å². The highest BCUT2D eigenvalue weighted by Crippen LogP contribution is 2.32. The molecule has 0 spiro atoms. The molecule has 1 N–H and O–H groups in total. The van der Waals surface area contributed by atoms with Crippen LogP contribution >= 0.6 is 24.0 Å². The Balaban J connectivity index is 2.55. The van der Waals surface area contributed by atoms with Crippen molar-refractivity contribution in [2.24, 2.45) is 4.99 Å². The molecule has 2 aliphatic heterocycles. The number of amides is 1. The van der Waals surface area contributed by atoms with Crippen molar-refractivity contribution in [3.05, 3.63) is 22.6 Å². The van der Waals surface area contributed by atoms with E-state index in [1.807, 2.05) is 6.92 Å². The Labute approximate surface area is 131 Å². The van der Waals surface area contributed by atoms with Crippen molar-refractivity contribution in [3.8, 4) is 0 Å². The van der Waals surface area contributed by atoms with E-state index in [-0.39, 0.29) is 4.32 Å². The fourth-order valence-corrected chi connectivity index (χ4v) is 4.66. The minimum atomic E-state index is -3.17. The zero-order valence-corrected chi connectivity index (χ0v) is 13.5. The topological polar surface area (TPSA) is 87.0 Å². The van der Waals surface area contributed by atoms with E-state index in [1.165, 1.54) is 11.6 Å². The number of allylic oxidation sites excluding steroid dienone is 1. The molecular formula is C12H12N2O4S3. The van der Waals surface area contributed by atoms with Crippen LogP contribution in [0.4, 0.5) is 0 Å². The van der Waals surface area contributed by atoms with Gasteiger partial charge >= 0.3 is 5.97 Å². The van der Waals surface area contributed by atoms with Crippen molar-refractivity contribution in [1.82, 2.24) is 4.90 Å². The zero-order chi connectivity index (χ0) is 15.6. The number of rotatable bonds is 2. The van der Waals surface area contributed by atoms with Crippen LogP contribution in [-0.4, -0.2) is 40.9 Å². The van der Waals surface area contributed by atoms with Crippen molar-refractivity contribution < 1.29 is 18.9 Å². The van der Waals surface area contributed by atoms with E-state index >= 15 is 0 Å². The van der Waals surface area contributed by atoms with Crippen LogP contribution < -0.4 is 0 Å². The number of unbranched alkanes of at least 4 members (excludes halogenated alkanes) is 1. The lowest BCUT2D eigenvalue weighted by molar-refractivity contribution is -0.131. The van der Waals surface area contributed by atoms with Crippen molar-refractivity contribution in [2.45, 2.75) is 19.8 Å². The maximum Gasteiger partial charge on any atom is 0.362 e. The second kappa shape index (κ2) is 6.12. The fraction of sp³-hybridized carbons (Fsp3) is 0.250. The third kappa shape index (κ3) is 2.94. The van der Waals surface area contributed by atoms with Crippen LogP contribution in [0.3, 0.4) is 0 Å². The van der Waals surface area contributed by atoms with E-state index in [9.17, 15) is 18.9 Å². The standard InChI is InChI=1S/C12H12N2O4S3/c1-2-3-4-8-9(15)14(12(19)20-8)10(11(16)17)21(18)6-5-13-7-21/h4-7H,2-3H2,1H3,(H,16,17). The molecule has 1 fully saturated rings. The highest BCUT2D eigenvalue weighted by Gasteiger charge is 2.40. The number of thioether (sulfide) groups is 1. The van der Waals surface area contributed by atoms with Crippen LogP contribution in [0.2, 0.25) is 0 Å². The summed E-state index contributed by atoms with van der Waals surface area (Å²) in [5.41, 5.74) is 1.03. The molecule has 1 amide bonds. The van der Waals surface area contributed by atoms with Crippen LogP contribution in [0.1, 0.15) is 19.8 Å². The molecule has 0 radical (unpaired) electrons. The molecule has 0 aliphatic carbocycles. The molecule has 1 unspecified atom stereocenters. The SMILES string of the molecule is CCCC=C1SC(=S)N(C(C(=O)O)=S2(=O)C=CN=C2)C1=O. The summed E-state index contributed by atoms with van der Waals surface area (Å²) in [6.07, 6.45) is 4.50. The first kappa shape index (κ1) is 15.9. The molecule has 1 atom stereocenters. The van der Waals surface area contributed by atoms with Gasteiger partial charge in [0.25, 0.3) is 5.91 Å². The van der Waals surface area contributed by atoms with E-state index in [4.69, 9.17) is 12.2 Å². The fourth-order valence-electron chi connectivity index (χ4n) is 1.73. The third-order valence-electron chi connectivity index (χ3n) is 2.67. The van der Waals surface area contributed by atoms with Gasteiger partial charge in [-0.3, -0.25) is 14.0 Å². The number of aliphatic imine (C=N–C) groups is 1. The Kier molecular flexibility index (Phi) is 4.64. The molecule has 0 bridgehead atoms. The molecule has 2 aliphatic rings. The molecular weight excluding hydrogens is 332 g/mol. The van der Waals surface area contributed by atoms with Crippen LogP contribution in [0.15, 0.2) is 27.6 Å². The van der Waals surface area contributed by atoms with Gasteiger partial charge in [0, 0.05) is 11.6 Å². The van der Waals surface area contributed by atoms with Crippen molar-refractivity contribution in [2.75, 3.05) is 0 Å².